The lowest BCUT2D eigenvalue weighted by Crippen LogP contribution is -1.93. The fourth-order valence-corrected chi connectivity index (χ4v) is 0.926. The lowest BCUT2D eigenvalue weighted by Gasteiger charge is -1.96. The standard InChI is InChI=1S/C9H18O/c1-3-5-6-7-8-9(10)4-2/h3-8H2,1-2H3. The Bertz CT molecular complexity index is 86.7. The number of unbranched alkanes of at least 4 members (excludes halogenated alkanes) is 3. The molecule has 10 heavy (non-hydrogen) atoms. The van der Waals surface area contributed by atoms with Crippen molar-refractivity contribution in [2.75, 3.05) is 0 Å². The van der Waals surface area contributed by atoms with Crippen LogP contribution in [0.5, 0.6) is 0 Å². The molecular weight excluding hydrogens is 124 g/mol. The fourth-order valence-electron chi connectivity index (χ4n) is 0.926. The average Bonchev–Trinajstić information content (AvgIpc) is 1.98. The Kier molecular flexibility index (Phi) is 6.56. The van der Waals surface area contributed by atoms with E-state index < -0.39 is 0 Å². The van der Waals surface area contributed by atoms with E-state index in [9.17, 15) is 4.79 Å². The molecule has 0 aromatic heterocycles. The molecule has 0 spiro atoms. The predicted octanol–water partition coefficient (Wildman–Crippen LogP) is 2.94. The van der Waals surface area contributed by atoms with Crippen LogP contribution in [0.3, 0.4) is 0 Å². The Balaban J connectivity index is 2.96. The SMILES string of the molecule is CCCCCCC(=O)CC. The van der Waals surface area contributed by atoms with Crippen molar-refractivity contribution >= 4 is 5.78 Å². The summed E-state index contributed by atoms with van der Waals surface area (Å²) in [7, 11) is 0. The Morgan fingerprint density at radius 2 is 1.80 bits per heavy atom. The zero-order valence-electron chi connectivity index (χ0n) is 7.15. The van der Waals surface area contributed by atoms with Crippen LogP contribution in [0.4, 0.5) is 0 Å². The van der Waals surface area contributed by atoms with Crippen LogP contribution >= 0.6 is 0 Å². The molecule has 0 saturated carbocycles. The van der Waals surface area contributed by atoms with E-state index in [-0.39, 0.29) is 0 Å². The minimum Gasteiger partial charge on any atom is -0.300 e. The van der Waals surface area contributed by atoms with Gasteiger partial charge in [-0.15, -0.1) is 0 Å². The van der Waals surface area contributed by atoms with Crippen molar-refractivity contribution < 1.29 is 4.79 Å². The first kappa shape index (κ1) is 9.67. The number of ketones is 1. The molecule has 0 bridgehead atoms. The third kappa shape index (κ3) is 5.80. The number of rotatable bonds is 6. The van der Waals surface area contributed by atoms with E-state index in [2.05, 4.69) is 6.92 Å². The van der Waals surface area contributed by atoms with Crippen molar-refractivity contribution in [3.05, 3.63) is 0 Å². The van der Waals surface area contributed by atoms with Gasteiger partial charge >= 0.3 is 0 Å². The summed E-state index contributed by atoms with van der Waals surface area (Å²) < 4.78 is 0. The number of carbonyl (C=O) groups is 1. The first-order chi connectivity index (χ1) is 4.81. The molecule has 0 N–H and O–H groups in total. The van der Waals surface area contributed by atoms with Crippen LogP contribution in [-0.2, 0) is 4.79 Å². The van der Waals surface area contributed by atoms with Crippen LogP contribution in [0.25, 0.3) is 0 Å². The summed E-state index contributed by atoms with van der Waals surface area (Å²) in [6.07, 6.45) is 6.36. The third-order valence-corrected chi connectivity index (χ3v) is 1.70. The van der Waals surface area contributed by atoms with Gasteiger partial charge in [0.05, 0.1) is 0 Å². The van der Waals surface area contributed by atoms with Crippen molar-refractivity contribution in [3.8, 4) is 0 Å². The summed E-state index contributed by atoms with van der Waals surface area (Å²) >= 11 is 0. The van der Waals surface area contributed by atoms with Gasteiger partial charge in [-0.3, -0.25) is 4.79 Å². The lowest BCUT2D eigenvalue weighted by molar-refractivity contribution is -0.118. The summed E-state index contributed by atoms with van der Waals surface area (Å²) in [6, 6.07) is 0. The van der Waals surface area contributed by atoms with Crippen LogP contribution in [0.15, 0.2) is 0 Å². The molecule has 0 aliphatic carbocycles. The molecule has 0 aromatic carbocycles. The summed E-state index contributed by atoms with van der Waals surface area (Å²) in [5.41, 5.74) is 0. The van der Waals surface area contributed by atoms with Crippen molar-refractivity contribution in [3.63, 3.8) is 0 Å². The van der Waals surface area contributed by atoms with Gasteiger partial charge < -0.3 is 0 Å². The normalized spacial score (nSPS) is 9.80. The highest BCUT2D eigenvalue weighted by Gasteiger charge is 1.95. The Hall–Kier alpha value is -0.330. The molecule has 0 rings (SSSR count). The van der Waals surface area contributed by atoms with Gasteiger partial charge in [-0.25, -0.2) is 0 Å². The molecule has 0 aliphatic heterocycles. The minimum absolute atomic E-state index is 0.413. The molecule has 0 atom stereocenters. The quantitative estimate of drug-likeness (QED) is 0.521. The van der Waals surface area contributed by atoms with E-state index in [1.807, 2.05) is 6.92 Å². The van der Waals surface area contributed by atoms with Gasteiger partial charge in [-0.1, -0.05) is 33.1 Å². The van der Waals surface area contributed by atoms with Crippen LogP contribution in [0.2, 0.25) is 0 Å². The minimum atomic E-state index is 0.413. The van der Waals surface area contributed by atoms with Crippen molar-refractivity contribution in [1.82, 2.24) is 0 Å². The zero-order valence-corrected chi connectivity index (χ0v) is 7.15. The van der Waals surface area contributed by atoms with Crippen molar-refractivity contribution in [2.45, 2.75) is 52.4 Å². The smallest absolute Gasteiger partial charge is 0.132 e. The molecule has 60 valence electrons. The van der Waals surface area contributed by atoms with Crippen molar-refractivity contribution in [2.24, 2.45) is 0 Å². The van der Waals surface area contributed by atoms with Gasteiger partial charge in [0.25, 0.3) is 0 Å². The lowest BCUT2D eigenvalue weighted by atomic mass is 10.1. The number of carbonyl (C=O) groups excluding carboxylic acids is 1. The van der Waals surface area contributed by atoms with E-state index in [0.29, 0.717) is 12.2 Å². The van der Waals surface area contributed by atoms with Crippen LogP contribution < -0.4 is 0 Å². The molecule has 0 saturated heterocycles. The van der Waals surface area contributed by atoms with Gasteiger partial charge in [0.1, 0.15) is 5.78 Å². The summed E-state index contributed by atoms with van der Waals surface area (Å²) in [6.45, 7) is 4.11. The molecule has 1 nitrogen and oxygen atoms in total. The molecular formula is C9H18O. The zero-order chi connectivity index (χ0) is 7.82. The first-order valence-corrected chi connectivity index (χ1v) is 4.33. The second-order valence-electron chi connectivity index (χ2n) is 2.70. The monoisotopic (exact) mass is 142 g/mol. The van der Waals surface area contributed by atoms with Crippen LogP contribution in [-0.4, -0.2) is 5.78 Å². The number of Topliss-reactive ketones (excluding diaryl/α,β-unsaturated/α-hetero) is 1. The molecule has 0 aliphatic rings. The van der Waals surface area contributed by atoms with Gasteiger partial charge in [0.15, 0.2) is 0 Å². The van der Waals surface area contributed by atoms with E-state index in [0.717, 1.165) is 12.8 Å². The summed E-state index contributed by atoms with van der Waals surface area (Å²) in [5, 5.41) is 0. The Labute approximate surface area is 63.8 Å². The molecule has 0 aromatic rings. The summed E-state index contributed by atoms with van der Waals surface area (Å²) in [5.74, 6) is 0.413. The third-order valence-electron chi connectivity index (χ3n) is 1.70. The Morgan fingerprint density at radius 3 is 2.30 bits per heavy atom. The van der Waals surface area contributed by atoms with Gasteiger partial charge in [-0.2, -0.15) is 0 Å². The number of hydrogen-bond donors (Lipinski definition) is 0. The second kappa shape index (κ2) is 6.79. The second-order valence-corrected chi connectivity index (χ2v) is 2.70. The first-order valence-electron chi connectivity index (χ1n) is 4.33. The van der Waals surface area contributed by atoms with Crippen LogP contribution in [0, 0.1) is 0 Å². The molecule has 0 fully saturated rings. The molecule has 1 heteroatoms. The maximum atomic E-state index is 10.8. The highest BCUT2D eigenvalue weighted by atomic mass is 16.1. The fraction of sp³-hybridized carbons (Fsp3) is 0.889. The van der Waals surface area contributed by atoms with Gasteiger partial charge in [0.2, 0.25) is 0 Å². The summed E-state index contributed by atoms with van der Waals surface area (Å²) in [4.78, 5) is 10.8. The molecule has 0 unspecified atom stereocenters. The highest BCUT2D eigenvalue weighted by Crippen LogP contribution is 2.03. The van der Waals surface area contributed by atoms with Crippen molar-refractivity contribution in [1.29, 1.82) is 0 Å². The Morgan fingerprint density at radius 1 is 1.10 bits per heavy atom. The molecule has 0 amide bonds. The maximum absolute atomic E-state index is 10.8. The van der Waals surface area contributed by atoms with E-state index in [4.69, 9.17) is 0 Å². The van der Waals surface area contributed by atoms with E-state index in [1.54, 1.807) is 0 Å². The maximum Gasteiger partial charge on any atom is 0.132 e. The number of hydrogen-bond acceptors (Lipinski definition) is 1. The average molecular weight is 142 g/mol. The topological polar surface area (TPSA) is 17.1 Å². The highest BCUT2D eigenvalue weighted by molar-refractivity contribution is 5.77. The predicted molar refractivity (Wildman–Crippen MR) is 44.1 cm³/mol. The van der Waals surface area contributed by atoms with Gasteiger partial charge in [-0.05, 0) is 6.42 Å². The van der Waals surface area contributed by atoms with Crippen LogP contribution in [0.1, 0.15) is 52.4 Å². The van der Waals surface area contributed by atoms with Gasteiger partial charge in [0, 0.05) is 12.8 Å². The van der Waals surface area contributed by atoms with E-state index >= 15 is 0 Å². The largest absolute Gasteiger partial charge is 0.300 e. The molecule has 0 heterocycles. The van der Waals surface area contributed by atoms with E-state index in [1.165, 1.54) is 19.3 Å². The molecule has 0 radical (unpaired) electrons.